The number of ketones is 1. The van der Waals surface area contributed by atoms with E-state index in [1.807, 2.05) is 0 Å². The molecule has 0 aliphatic carbocycles. The molecule has 82 valence electrons. The van der Waals surface area contributed by atoms with Crippen molar-refractivity contribution in [2.75, 3.05) is 5.75 Å². The van der Waals surface area contributed by atoms with Crippen LogP contribution in [0.25, 0.3) is 0 Å². The van der Waals surface area contributed by atoms with Gasteiger partial charge in [-0.05, 0) is 24.3 Å². The molecular formula is C11H9NO3S. The van der Waals surface area contributed by atoms with Gasteiger partial charge in [-0.3, -0.25) is 4.79 Å². The summed E-state index contributed by atoms with van der Waals surface area (Å²) in [6, 6.07) is 6.16. The van der Waals surface area contributed by atoms with Gasteiger partial charge < -0.3 is 9.52 Å². The quantitative estimate of drug-likeness (QED) is 0.651. The molecule has 1 aromatic heterocycles. The Morgan fingerprint density at radius 1 is 1.38 bits per heavy atom. The first-order valence-corrected chi connectivity index (χ1v) is 5.59. The van der Waals surface area contributed by atoms with Gasteiger partial charge in [0.25, 0.3) is 5.22 Å². The van der Waals surface area contributed by atoms with Crippen LogP contribution in [0.4, 0.5) is 0 Å². The molecule has 4 nitrogen and oxygen atoms in total. The molecule has 0 bridgehead atoms. The van der Waals surface area contributed by atoms with Gasteiger partial charge in [-0.1, -0.05) is 11.8 Å². The number of carbonyl (C=O) groups excluding carboxylic acids is 1. The van der Waals surface area contributed by atoms with Crippen molar-refractivity contribution in [3.05, 3.63) is 42.3 Å². The Labute approximate surface area is 96.3 Å². The minimum absolute atomic E-state index is 0.0248. The van der Waals surface area contributed by atoms with Crippen molar-refractivity contribution < 1.29 is 14.3 Å². The van der Waals surface area contributed by atoms with Crippen LogP contribution in [0.3, 0.4) is 0 Å². The number of thioether (sulfide) groups is 1. The molecule has 5 heteroatoms. The summed E-state index contributed by atoms with van der Waals surface area (Å²) in [5.74, 6) is 0.394. The summed E-state index contributed by atoms with van der Waals surface area (Å²) in [4.78, 5) is 15.6. The molecule has 0 fully saturated rings. The Bertz CT molecular complexity index is 464. The number of aromatic hydroxyl groups is 1. The van der Waals surface area contributed by atoms with Crippen molar-refractivity contribution >= 4 is 17.5 Å². The molecule has 2 rings (SSSR count). The van der Waals surface area contributed by atoms with Gasteiger partial charge in [-0.25, -0.2) is 4.98 Å². The average Bonchev–Trinajstić information content (AvgIpc) is 2.80. The van der Waals surface area contributed by atoms with Crippen LogP contribution >= 0.6 is 11.8 Å². The highest BCUT2D eigenvalue weighted by molar-refractivity contribution is 7.99. The summed E-state index contributed by atoms with van der Waals surface area (Å²) in [6.45, 7) is 0. The molecule has 0 spiro atoms. The highest BCUT2D eigenvalue weighted by atomic mass is 32.2. The number of hydrogen-bond acceptors (Lipinski definition) is 5. The third-order valence-electron chi connectivity index (χ3n) is 1.93. The summed E-state index contributed by atoms with van der Waals surface area (Å²) in [5, 5.41) is 9.56. The maximum absolute atomic E-state index is 11.7. The van der Waals surface area contributed by atoms with E-state index in [2.05, 4.69) is 4.98 Å². The summed E-state index contributed by atoms with van der Waals surface area (Å²) in [5.41, 5.74) is 0.567. The Kier molecular flexibility index (Phi) is 3.26. The molecule has 0 aliphatic heterocycles. The monoisotopic (exact) mass is 235 g/mol. The Hall–Kier alpha value is -1.75. The molecule has 0 unspecified atom stereocenters. The molecular weight excluding hydrogens is 226 g/mol. The van der Waals surface area contributed by atoms with Gasteiger partial charge in [0, 0.05) is 5.56 Å². The first-order chi connectivity index (χ1) is 7.75. The number of Topliss-reactive ketones (excluding diaryl/α,β-unsaturated/α-hetero) is 1. The third-order valence-corrected chi connectivity index (χ3v) is 2.78. The average molecular weight is 235 g/mol. The largest absolute Gasteiger partial charge is 0.508 e. The van der Waals surface area contributed by atoms with Crippen LogP contribution < -0.4 is 0 Å². The number of phenols is 1. The highest BCUT2D eigenvalue weighted by Crippen LogP contribution is 2.17. The van der Waals surface area contributed by atoms with E-state index in [4.69, 9.17) is 9.52 Å². The molecule has 2 aromatic rings. The van der Waals surface area contributed by atoms with Gasteiger partial charge in [-0.15, -0.1) is 0 Å². The van der Waals surface area contributed by atoms with E-state index in [1.165, 1.54) is 36.4 Å². The molecule has 1 N–H and O–H groups in total. The molecule has 0 saturated carbocycles. The summed E-state index contributed by atoms with van der Waals surface area (Å²) in [7, 11) is 0. The predicted octanol–water partition coefficient (Wildman–Crippen LogP) is 2.36. The number of benzene rings is 1. The summed E-state index contributed by atoms with van der Waals surface area (Å²) in [6.07, 6.45) is 3.00. The van der Waals surface area contributed by atoms with Crippen LogP contribution in [0.1, 0.15) is 10.4 Å². The lowest BCUT2D eigenvalue weighted by Gasteiger charge is -1.99. The molecule has 0 atom stereocenters. The number of carbonyl (C=O) groups is 1. The molecule has 1 aromatic carbocycles. The van der Waals surface area contributed by atoms with Crippen LogP contribution in [0.5, 0.6) is 5.75 Å². The fraction of sp³-hybridized carbons (Fsp3) is 0.0909. The van der Waals surface area contributed by atoms with E-state index in [0.717, 1.165) is 0 Å². The standard InChI is InChI=1S/C11H9NO3S/c13-9-3-1-8(2-4-9)10(14)7-16-11-12-5-6-15-11/h1-6,13H,7H2. The molecule has 0 saturated heterocycles. The topological polar surface area (TPSA) is 63.3 Å². The Morgan fingerprint density at radius 2 is 2.12 bits per heavy atom. The van der Waals surface area contributed by atoms with Crippen molar-refractivity contribution in [1.29, 1.82) is 0 Å². The van der Waals surface area contributed by atoms with E-state index in [9.17, 15) is 4.79 Å². The lowest BCUT2D eigenvalue weighted by molar-refractivity contribution is 0.102. The van der Waals surface area contributed by atoms with Gasteiger partial charge in [0.15, 0.2) is 5.78 Å². The predicted molar refractivity (Wildman–Crippen MR) is 59.7 cm³/mol. The zero-order valence-corrected chi connectivity index (χ0v) is 9.11. The molecule has 0 aliphatic rings. The second kappa shape index (κ2) is 4.85. The number of rotatable bonds is 4. The van der Waals surface area contributed by atoms with Crippen LogP contribution in [-0.4, -0.2) is 21.6 Å². The molecule has 0 radical (unpaired) electrons. The second-order valence-electron chi connectivity index (χ2n) is 3.06. The van der Waals surface area contributed by atoms with Gasteiger partial charge in [0.1, 0.15) is 12.0 Å². The van der Waals surface area contributed by atoms with Crippen molar-refractivity contribution in [2.45, 2.75) is 5.22 Å². The lowest BCUT2D eigenvalue weighted by atomic mass is 10.1. The van der Waals surface area contributed by atoms with E-state index in [0.29, 0.717) is 10.8 Å². The van der Waals surface area contributed by atoms with E-state index >= 15 is 0 Å². The highest BCUT2D eigenvalue weighted by Gasteiger charge is 2.08. The van der Waals surface area contributed by atoms with Crippen LogP contribution in [0, 0.1) is 0 Å². The normalized spacial score (nSPS) is 10.2. The maximum atomic E-state index is 11.7. The van der Waals surface area contributed by atoms with Crippen LogP contribution in [0.15, 0.2) is 46.4 Å². The summed E-state index contributed by atoms with van der Waals surface area (Å²) >= 11 is 1.24. The van der Waals surface area contributed by atoms with Crippen molar-refractivity contribution in [2.24, 2.45) is 0 Å². The smallest absolute Gasteiger partial charge is 0.255 e. The van der Waals surface area contributed by atoms with Crippen LogP contribution in [0.2, 0.25) is 0 Å². The number of nitrogens with zero attached hydrogens (tertiary/aromatic N) is 1. The first-order valence-electron chi connectivity index (χ1n) is 4.60. The van der Waals surface area contributed by atoms with Crippen molar-refractivity contribution in [3.8, 4) is 5.75 Å². The summed E-state index contributed by atoms with van der Waals surface area (Å²) < 4.78 is 5.00. The Morgan fingerprint density at radius 3 is 2.75 bits per heavy atom. The number of aromatic nitrogens is 1. The van der Waals surface area contributed by atoms with Gasteiger partial charge in [0.2, 0.25) is 0 Å². The molecule has 16 heavy (non-hydrogen) atoms. The fourth-order valence-electron chi connectivity index (χ4n) is 1.14. The fourth-order valence-corrected chi connectivity index (χ4v) is 1.82. The van der Waals surface area contributed by atoms with Crippen LogP contribution in [-0.2, 0) is 0 Å². The maximum Gasteiger partial charge on any atom is 0.255 e. The van der Waals surface area contributed by atoms with Gasteiger partial charge in [0.05, 0.1) is 11.9 Å². The minimum Gasteiger partial charge on any atom is -0.508 e. The lowest BCUT2D eigenvalue weighted by Crippen LogP contribution is -2.01. The Balaban J connectivity index is 1.95. The minimum atomic E-state index is -0.0248. The van der Waals surface area contributed by atoms with E-state index < -0.39 is 0 Å². The van der Waals surface area contributed by atoms with E-state index in [-0.39, 0.29) is 17.3 Å². The first kappa shape index (κ1) is 10.8. The third kappa shape index (κ3) is 2.64. The van der Waals surface area contributed by atoms with Crippen molar-refractivity contribution in [3.63, 3.8) is 0 Å². The molecule has 1 heterocycles. The number of oxazole rings is 1. The number of hydrogen-bond donors (Lipinski definition) is 1. The van der Waals surface area contributed by atoms with Crippen molar-refractivity contribution in [1.82, 2.24) is 4.98 Å². The zero-order valence-electron chi connectivity index (χ0n) is 8.29. The number of phenolic OH excluding ortho intramolecular Hbond substituents is 1. The second-order valence-corrected chi connectivity index (χ2v) is 3.98. The zero-order chi connectivity index (χ0) is 11.4. The van der Waals surface area contributed by atoms with Gasteiger partial charge in [-0.2, -0.15) is 0 Å². The van der Waals surface area contributed by atoms with E-state index in [1.54, 1.807) is 12.1 Å². The van der Waals surface area contributed by atoms with Gasteiger partial charge >= 0.3 is 0 Å². The molecule has 0 amide bonds. The SMILES string of the molecule is O=C(CSc1ncco1)c1ccc(O)cc1.